The van der Waals surface area contributed by atoms with E-state index in [1.54, 1.807) is 0 Å². The van der Waals surface area contributed by atoms with E-state index in [4.69, 9.17) is 9.05 Å². The van der Waals surface area contributed by atoms with Crippen LogP contribution in [-0.4, -0.2) is 0 Å². The predicted molar refractivity (Wildman–Crippen MR) is 388 cm³/mol. The first-order valence-corrected chi connectivity index (χ1v) is 39.7. The van der Waals surface area contributed by atoms with Crippen molar-refractivity contribution in [2.75, 3.05) is 0 Å². The molecule has 0 saturated carbocycles. The highest BCUT2D eigenvalue weighted by molar-refractivity contribution is 7.33. The zero-order chi connectivity index (χ0) is 62.7. The molecule has 0 amide bonds. The minimum Gasteiger partial charge on any atom is -0.103 e. The molecule has 0 bridgehead atoms. The van der Waals surface area contributed by atoms with E-state index in [1.807, 2.05) is 0 Å². The lowest BCUT2D eigenvalue weighted by Gasteiger charge is -2.35. The largest absolute Gasteiger partial charge is 0.699 e. The van der Waals surface area contributed by atoms with Crippen LogP contribution in [0.1, 0.15) is 394 Å². The van der Waals surface area contributed by atoms with E-state index < -0.39 is 19.5 Å². The zero-order valence-corrected chi connectivity index (χ0v) is 59.6. The number of unbranched alkanes of at least 4 members (excludes halogenated alkanes) is 40. The first-order chi connectivity index (χ1) is 43.4. The van der Waals surface area contributed by atoms with Gasteiger partial charge < -0.3 is 0 Å². The van der Waals surface area contributed by atoms with Gasteiger partial charge in [-0.3, -0.25) is 0 Å². The first kappa shape index (κ1) is 77.3. The molecule has 0 saturated heterocycles. The van der Waals surface area contributed by atoms with Crippen LogP contribution in [0, 0.1) is 0 Å². The molecule has 4 aromatic rings. The van der Waals surface area contributed by atoms with Gasteiger partial charge in [0.25, 0.3) is 0 Å². The van der Waals surface area contributed by atoms with Crippen molar-refractivity contribution >= 4 is 8.25 Å². The molecule has 88 heavy (non-hydrogen) atoms. The van der Waals surface area contributed by atoms with Crippen molar-refractivity contribution in [1.82, 2.24) is 0 Å². The molecule has 0 aliphatic heterocycles. The van der Waals surface area contributed by atoms with Gasteiger partial charge in [-0.05, 0) is 122 Å². The summed E-state index contributed by atoms with van der Waals surface area (Å²) in [7, 11) is -2.72. The Kier molecular flexibility index (Phi) is 45.2. The third-order valence-corrected chi connectivity index (χ3v) is 20.7. The van der Waals surface area contributed by atoms with Crippen molar-refractivity contribution < 1.29 is 13.6 Å². The minimum absolute atomic E-state index is 0.768. The Labute approximate surface area is 547 Å². The fraction of sp³-hybridized carbons (Fsp3) is 0.714. The van der Waals surface area contributed by atoms with E-state index in [-0.39, 0.29) is 0 Å². The van der Waals surface area contributed by atoms with Gasteiger partial charge in [0.2, 0.25) is 0 Å². The van der Waals surface area contributed by atoms with Gasteiger partial charge in [-0.2, -0.15) is 0 Å². The predicted octanol–water partition coefficient (Wildman–Crippen LogP) is 28.6. The first-order valence-electron chi connectivity index (χ1n) is 38.6. The molecule has 4 aromatic carbocycles. The fourth-order valence-corrected chi connectivity index (χ4v) is 15.5. The monoisotopic (exact) mass is 1230 g/mol. The van der Waals surface area contributed by atoms with Gasteiger partial charge in [0, 0.05) is 4.57 Å². The molecule has 0 radical (unpaired) electrons. The molecule has 0 fully saturated rings. The van der Waals surface area contributed by atoms with Crippen molar-refractivity contribution in [2.45, 2.75) is 387 Å². The number of hydrogen-bond acceptors (Lipinski definition) is 3. The van der Waals surface area contributed by atoms with Crippen LogP contribution in [0.4, 0.5) is 0 Å². The summed E-state index contributed by atoms with van der Waals surface area (Å²) in [5.41, 5.74) is 8.30. The third kappa shape index (κ3) is 30.6. The summed E-state index contributed by atoms with van der Waals surface area (Å²) in [4.78, 5) is 0. The lowest BCUT2D eigenvalue weighted by Crippen LogP contribution is -2.35. The summed E-state index contributed by atoms with van der Waals surface area (Å²) < 4.78 is 32.7. The van der Waals surface area contributed by atoms with E-state index in [0.29, 0.717) is 0 Å². The average Bonchev–Trinajstić information content (AvgIpc) is 1.00. The maximum atomic E-state index is 16.8. The maximum Gasteiger partial charge on any atom is 0.699 e. The lowest BCUT2D eigenvalue weighted by molar-refractivity contribution is 0.0322. The quantitative estimate of drug-likeness (QED) is 0.0326. The van der Waals surface area contributed by atoms with Crippen molar-refractivity contribution in [2.24, 2.45) is 0 Å². The molecule has 0 aromatic heterocycles. The Morgan fingerprint density at radius 2 is 0.409 bits per heavy atom. The van der Waals surface area contributed by atoms with Crippen molar-refractivity contribution in [1.29, 1.82) is 0 Å². The number of aryl methyl sites for hydroxylation is 4. The van der Waals surface area contributed by atoms with Crippen LogP contribution in [0.15, 0.2) is 97.1 Å². The SMILES string of the molecule is CCCCCCCCCCCC(O[P+](=O)OC(CCCCCCCCCCC)(c1ccccc1CCCCCCCCC)c1ccccc1CCCCCCCCC)(c1ccccc1CCCCCCCCC)c1ccccc1CCCCCCCCC. The second-order valence-electron chi connectivity index (χ2n) is 27.3. The van der Waals surface area contributed by atoms with Crippen molar-refractivity contribution in [3.05, 3.63) is 142 Å². The molecule has 0 N–H and O–H groups in total. The van der Waals surface area contributed by atoms with Gasteiger partial charge in [-0.1, -0.05) is 395 Å². The van der Waals surface area contributed by atoms with Crippen molar-refractivity contribution in [3.63, 3.8) is 0 Å². The van der Waals surface area contributed by atoms with Gasteiger partial charge in [0.15, 0.2) is 11.2 Å². The van der Waals surface area contributed by atoms with E-state index in [9.17, 15) is 0 Å². The van der Waals surface area contributed by atoms with E-state index >= 15 is 4.57 Å². The standard InChI is InChI=1S/C84H138O3P/c1-7-13-19-25-31-33-39-45-59-73-83(79-69-55-51-65-75(79)61-47-41-35-27-21-15-9-3,80-70-56-52-66-76(80)62-48-42-36-28-22-16-10-4)86-88(85)87-84(74-60-46-40-34-32-26-20-14-8-2,81-71-57-53-67-77(81)63-49-43-37-29-23-17-11-5)82-72-58-54-68-78(82)64-50-44-38-30-24-18-12-6/h51-58,65-72H,7-50,59-64,73-74H2,1-6H3/q+1. The van der Waals surface area contributed by atoms with Gasteiger partial charge in [-0.15, -0.1) is 9.05 Å². The highest BCUT2D eigenvalue weighted by Gasteiger charge is 2.53. The third-order valence-electron chi connectivity index (χ3n) is 19.7. The molecule has 0 heterocycles. The molecule has 0 spiro atoms. The second-order valence-corrected chi connectivity index (χ2v) is 28.1. The number of hydrogen-bond donors (Lipinski definition) is 0. The molecule has 0 atom stereocenters. The molecule has 4 rings (SSSR count). The topological polar surface area (TPSA) is 35.5 Å². The molecule has 0 aliphatic rings. The van der Waals surface area contributed by atoms with Gasteiger partial charge >= 0.3 is 8.25 Å². The zero-order valence-electron chi connectivity index (χ0n) is 58.7. The van der Waals surface area contributed by atoms with Crippen LogP contribution >= 0.6 is 8.25 Å². The van der Waals surface area contributed by atoms with Gasteiger partial charge in [-0.25, -0.2) is 0 Å². The summed E-state index contributed by atoms with van der Waals surface area (Å²) in [5, 5.41) is 0. The van der Waals surface area contributed by atoms with E-state index in [2.05, 4.69) is 139 Å². The molecule has 4 heteroatoms. The lowest BCUT2D eigenvalue weighted by atomic mass is 9.76. The smallest absolute Gasteiger partial charge is 0.103 e. The Morgan fingerprint density at radius 3 is 0.614 bits per heavy atom. The highest BCUT2D eigenvalue weighted by Crippen LogP contribution is 2.55. The summed E-state index contributed by atoms with van der Waals surface area (Å²) in [6.07, 6.45) is 63.6. The molecule has 0 unspecified atom stereocenters. The summed E-state index contributed by atoms with van der Waals surface area (Å²) in [5.74, 6) is 0. The molecular weight excluding hydrogens is 1090 g/mol. The summed E-state index contributed by atoms with van der Waals surface area (Å²) in [6, 6.07) is 37.1. The number of rotatable bonds is 60. The maximum absolute atomic E-state index is 16.8. The average molecular weight is 1230 g/mol. The highest BCUT2D eigenvalue weighted by atomic mass is 31.1. The van der Waals surface area contributed by atoms with Crippen LogP contribution in [0.3, 0.4) is 0 Å². The molecule has 3 nitrogen and oxygen atoms in total. The second kappa shape index (κ2) is 51.4. The Balaban J connectivity index is 1.96. The van der Waals surface area contributed by atoms with Crippen LogP contribution < -0.4 is 0 Å². The molecule has 0 aliphatic carbocycles. The Bertz CT molecular complexity index is 2000. The summed E-state index contributed by atoms with van der Waals surface area (Å²) >= 11 is 0. The van der Waals surface area contributed by atoms with Crippen LogP contribution in [-0.2, 0) is 50.5 Å². The van der Waals surface area contributed by atoms with Crippen LogP contribution in [0.2, 0.25) is 0 Å². The van der Waals surface area contributed by atoms with Crippen LogP contribution in [0.25, 0.3) is 0 Å². The Hall–Kier alpha value is -3.10. The molecular formula is C84H138O3P+. The normalized spacial score (nSPS) is 12.0. The van der Waals surface area contributed by atoms with E-state index in [1.165, 1.54) is 288 Å². The van der Waals surface area contributed by atoms with Crippen LogP contribution in [0.5, 0.6) is 0 Å². The molecule has 496 valence electrons. The minimum atomic E-state index is -2.72. The van der Waals surface area contributed by atoms with E-state index in [0.717, 1.165) is 89.9 Å². The Morgan fingerprint density at radius 1 is 0.239 bits per heavy atom. The summed E-state index contributed by atoms with van der Waals surface area (Å²) in [6.45, 7) is 13.9. The van der Waals surface area contributed by atoms with Gasteiger partial charge in [0.1, 0.15) is 0 Å². The van der Waals surface area contributed by atoms with Crippen molar-refractivity contribution in [3.8, 4) is 0 Å². The van der Waals surface area contributed by atoms with Gasteiger partial charge in [0.05, 0.1) is 0 Å². The fourth-order valence-electron chi connectivity index (χ4n) is 14.4. The number of benzene rings is 4.